The third-order valence-corrected chi connectivity index (χ3v) is 4.09. The lowest BCUT2D eigenvalue weighted by molar-refractivity contribution is -0.113. The van der Waals surface area contributed by atoms with E-state index in [1.54, 1.807) is 16.7 Å². The molecule has 0 aliphatic carbocycles. The maximum atomic E-state index is 12.1. The molecule has 0 fully saturated rings. The summed E-state index contributed by atoms with van der Waals surface area (Å²) in [5.41, 5.74) is 3.06. The fourth-order valence-electron chi connectivity index (χ4n) is 2.09. The highest BCUT2D eigenvalue weighted by molar-refractivity contribution is 7.99. The molecule has 1 N–H and O–H groups in total. The molecule has 1 aromatic carbocycles. The SMILES string of the molecule is Cc1ccc(NC(=O)CSc2nnc3ncccn23)c(C)c1. The van der Waals surface area contributed by atoms with E-state index in [9.17, 15) is 4.79 Å². The van der Waals surface area contributed by atoms with Gasteiger partial charge >= 0.3 is 0 Å². The van der Waals surface area contributed by atoms with Gasteiger partial charge in [-0.05, 0) is 31.5 Å². The normalized spacial score (nSPS) is 10.8. The molecule has 6 nitrogen and oxygen atoms in total. The molecule has 0 radical (unpaired) electrons. The second-order valence-electron chi connectivity index (χ2n) is 4.93. The van der Waals surface area contributed by atoms with Crippen LogP contribution in [0.25, 0.3) is 5.78 Å². The van der Waals surface area contributed by atoms with Crippen molar-refractivity contribution in [1.82, 2.24) is 19.6 Å². The molecule has 3 rings (SSSR count). The number of carbonyl (C=O) groups excluding carboxylic acids is 1. The van der Waals surface area contributed by atoms with Gasteiger partial charge in [-0.1, -0.05) is 29.5 Å². The highest BCUT2D eigenvalue weighted by Crippen LogP contribution is 2.18. The first-order chi connectivity index (χ1) is 10.6. The van der Waals surface area contributed by atoms with Crippen LogP contribution >= 0.6 is 11.8 Å². The Labute approximate surface area is 132 Å². The van der Waals surface area contributed by atoms with Gasteiger partial charge in [0.1, 0.15) is 0 Å². The lowest BCUT2D eigenvalue weighted by Gasteiger charge is -2.08. The fourth-order valence-corrected chi connectivity index (χ4v) is 2.80. The first kappa shape index (κ1) is 14.5. The van der Waals surface area contributed by atoms with Crippen LogP contribution in [0.15, 0.2) is 41.8 Å². The van der Waals surface area contributed by atoms with Crippen LogP contribution in [-0.2, 0) is 4.79 Å². The monoisotopic (exact) mass is 313 g/mol. The largest absolute Gasteiger partial charge is 0.325 e. The van der Waals surface area contributed by atoms with E-state index in [1.165, 1.54) is 17.3 Å². The van der Waals surface area contributed by atoms with Crippen molar-refractivity contribution in [3.05, 3.63) is 47.8 Å². The van der Waals surface area contributed by atoms with Crippen molar-refractivity contribution in [2.75, 3.05) is 11.1 Å². The van der Waals surface area contributed by atoms with Gasteiger partial charge < -0.3 is 5.32 Å². The van der Waals surface area contributed by atoms with Crippen molar-refractivity contribution >= 4 is 29.1 Å². The van der Waals surface area contributed by atoms with Gasteiger partial charge in [-0.2, -0.15) is 0 Å². The molecule has 0 atom stereocenters. The molecular formula is C15H15N5OS. The second-order valence-corrected chi connectivity index (χ2v) is 5.87. The zero-order valence-electron chi connectivity index (χ0n) is 12.3. The highest BCUT2D eigenvalue weighted by Gasteiger charge is 2.10. The molecule has 3 aromatic rings. The maximum Gasteiger partial charge on any atom is 0.255 e. The smallest absolute Gasteiger partial charge is 0.255 e. The summed E-state index contributed by atoms with van der Waals surface area (Å²) in [5, 5.41) is 11.6. The van der Waals surface area contributed by atoms with Gasteiger partial charge in [0.25, 0.3) is 5.78 Å². The van der Waals surface area contributed by atoms with Crippen LogP contribution in [0, 0.1) is 13.8 Å². The molecule has 0 unspecified atom stereocenters. The molecule has 7 heteroatoms. The number of nitrogens with one attached hydrogen (secondary N) is 1. The van der Waals surface area contributed by atoms with E-state index < -0.39 is 0 Å². The molecule has 0 aliphatic heterocycles. The van der Waals surface area contributed by atoms with Gasteiger partial charge in [-0.15, -0.1) is 10.2 Å². The quantitative estimate of drug-likeness (QED) is 0.749. The summed E-state index contributed by atoms with van der Waals surface area (Å²) in [6, 6.07) is 7.74. The number of anilines is 1. The van der Waals surface area contributed by atoms with E-state index in [0.717, 1.165) is 11.3 Å². The first-order valence-corrected chi connectivity index (χ1v) is 7.78. The Kier molecular flexibility index (Phi) is 4.06. The number of aryl methyl sites for hydroxylation is 2. The fraction of sp³-hybridized carbons (Fsp3) is 0.200. The Morgan fingerprint density at radius 2 is 2.18 bits per heavy atom. The van der Waals surface area contributed by atoms with Crippen molar-refractivity contribution in [3.8, 4) is 0 Å². The molecule has 0 saturated heterocycles. The van der Waals surface area contributed by atoms with Gasteiger partial charge in [0, 0.05) is 18.1 Å². The topological polar surface area (TPSA) is 72.2 Å². The molecule has 1 amide bonds. The van der Waals surface area contributed by atoms with Crippen LogP contribution < -0.4 is 5.32 Å². The number of hydrogen-bond acceptors (Lipinski definition) is 5. The zero-order chi connectivity index (χ0) is 15.5. The van der Waals surface area contributed by atoms with Crippen molar-refractivity contribution in [1.29, 1.82) is 0 Å². The van der Waals surface area contributed by atoms with Gasteiger partial charge in [0.15, 0.2) is 5.16 Å². The van der Waals surface area contributed by atoms with Gasteiger partial charge in [0.05, 0.1) is 5.75 Å². The number of rotatable bonds is 4. The summed E-state index contributed by atoms with van der Waals surface area (Å²) < 4.78 is 1.76. The number of aromatic nitrogens is 4. The lowest BCUT2D eigenvalue weighted by atomic mass is 10.1. The van der Waals surface area contributed by atoms with Crippen LogP contribution in [0.2, 0.25) is 0 Å². The molecule has 0 spiro atoms. The van der Waals surface area contributed by atoms with Crippen molar-refractivity contribution in [2.24, 2.45) is 0 Å². The van der Waals surface area contributed by atoms with Gasteiger partial charge in [-0.3, -0.25) is 9.20 Å². The standard InChI is InChI=1S/C15H15N5OS/c1-10-4-5-12(11(2)8-10)17-13(21)9-22-15-19-18-14-16-6-3-7-20(14)15/h3-8H,9H2,1-2H3,(H,17,21). The van der Waals surface area contributed by atoms with Crippen LogP contribution in [-0.4, -0.2) is 31.2 Å². The number of carbonyl (C=O) groups is 1. The lowest BCUT2D eigenvalue weighted by Crippen LogP contribution is -2.15. The Balaban J connectivity index is 1.65. The summed E-state index contributed by atoms with van der Waals surface area (Å²) in [6.45, 7) is 4.01. The van der Waals surface area contributed by atoms with E-state index in [2.05, 4.69) is 20.5 Å². The first-order valence-electron chi connectivity index (χ1n) is 6.79. The molecule has 112 valence electrons. The molecule has 0 bridgehead atoms. The van der Waals surface area contributed by atoms with Crippen LogP contribution in [0.5, 0.6) is 0 Å². The maximum absolute atomic E-state index is 12.1. The molecule has 2 aromatic heterocycles. The number of nitrogens with zero attached hydrogens (tertiary/aromatic N) is 4. The Bertz CT molecular complexity index is 830. The van der Waals surface area contributed by atoms with Crippen LogP contribution in [0.4, 0.5) is 5.69 Å². The average molecular weight is 313 g/mol. The molecule has 22 heavy (non-hydrogen) atoms. The molecule has 0 aliphatic rings. The number of fused-ring (bicyclic) bond motifs is 1. The van der Waals surface area contributed by atoms with E-state index in [4.69, 9.17) is 0 Å². The third kappa shape index (κ3) is 3.09. The minimum absolute atomic E-state index is 0.0717. The summed E-state index contributed by atoms with van der Waals surface area (Å²) in [4.78, 5) is 16.2. The molecule has 2 heterocycles. The Morgan fingerprint density at radius 3 is 3.00 bits per heavy atom. The molecule has 0 saturated carbocycles. The van der Waals surface area contributed by atoms with Gasteiger partial charge in [0.2, 0.25) is 5.91 Å². The third-order valence-electron chi connectivity index (χ3n) is 3.15. The Morgan fingerprint density at radius 1 is 1.32 bits per heavy atom. The number of hydrogen-bond donors (Lipinski definition) is 1. The highest BCUT2D eigenvalue weighted by atomic mass is 32.2. The van der Waals surface area contributed by atoms with Crippen LogP contribution in [0.3, 0.4) is 0 Å². The minimum Gasteiger partial charge on any atom is -0.325 e. The summed E-state index contributed by atoms with van der Waals surface area (Å²) in [5.74, 6) is 0.723. The van der Waals surface area contributed by atoms with E-state index in [1.807, 2.05) is 38.2 Å². The van der Waals surface area contributed by atoms with E-state index in [-0.39, 0.29) is 11.7 Å². The Hall–Kier alpha value is -2.41. The van der Waals surface area contributed by atoms with Crippen molar-refractivity contribution in [2.45, 2.75) is 19.0 Å². The summed E-state index contributed by atoms with van der Waals surface area (Å²) >= 11 is 1.33. The predicted molar refractivity (Wildman–Crippen MR) is 86.1 cm³/mol. The van der Waals surface area contributed by atoms with Gasteiger partial charge in [-0.25, -0.2) is 4.98 Å². The van der Waals surface area contributed by atoms with Crippen molar-refractivity contribution in [3.63, 3.8) is 0 Å². The zero-order valence-corrected chi connectivity index (χ0v) is 13.1. The van der Waals surface area contributed by atoms with Crippen molar-refractivity contribution < 1.29 is 4.79 Å². The number of amides is 1. The second kappa shape index (κ2) is 6.15. The van der Waals surface area contributed by atoms with E-state index >= 15 is 0 Å². The number of thioether (sulfide) groups is 1. The number of benzene rings is 1. The predicted octanol–water partition coefficient (Wildman–Crippen LogP) is 2.47. The summed E-state index contributed by atoms with van der Waals surface area (Å²) in [6.07, 6.45) is 3.48. The average Bonchev–Trinajstić information content (AvgIpc) is 2.91. The summed E-state index contributed by atoms with van der Waals surface area (Å²) in [7, 11) is 0. The molecular weight excluding hydrogens is 298 g/mol. The minimum atomic E-state index is -0.0717. The van der Waals surface area contributed by atoms with E-state index in [0.29, 0.717) is 10.9 Å². The van der Waals surface area contributed by atoms with Crippen LogP contribution in [0.1, 0.15) is 11.1 Å².